The minimum absolute atomic E-state index is 0.149. The zero-order chi connectivity index (χ0) is 13.1. The van der Waals surface area contributed by atoms with Crippen molar-refractivity contribution in [2.75, 3.05) is 6.54 Å². The van der Waals surface area contributed by atoms with Crippen LogP contribution in [-0.4, -0.2) is 35.0 Å². The molecule has 0 aromatic heterocycles. The number of ether oxygens (including phenoxy) is 1. The fourth-order valence-corrected chi connectivity index (χ4v) is 2.28. The van der Waals surface area contributed by atoms with Crippen molar-refractivity contribution < 1.29 is 14.6 Å². The first-order valence-electron chi connectivity index (χ1n) is 6.18. The molecule has 5 nitrogen and oxygen atoms in total. The van der Waals surface area contributed by atoms with Crippen LogP contribution < -0.4 is 11.1 Å². The monoisotopic (exact) mass is 244 g/mol. The second-order valence-electron chi connectivity index (χ2n) is 5.74. The normalized spacial score (nSPS) is 21.0. The Kier molecular flexibility index (Phi) is 4.38. The molecule has 0 saturated heterocycles. The molecule has 1 unspecified atom stereocenters. The highest BCUT2D eigenvalue weighted by Crippen LogP contribution is 2.32. The second-order valence-corrected chi connectivity index (χ2v) is 5.74. The summed E-state index contributed by atoms with van der Waals surface area (Å²) in [4.78, 5) is 11.8. The zero-order valence-electron chi connectivity index (χ0n) is 11.0. The fraction of sp³-hybridized carbons (Fsp3) is 0.917. The molecule has 0 bridgehead atoms. The molecule has 1 fully saturated rings. The summed E-state index contributed by atoms with van der Waals surface area (Å²) in [5.74, 6) is 0. The smallest absolute Gasteiger partial charge is 0.408 e. The van der Waals surface area contributed by atoms with Crippen LogP contribution in [0.4, 0.5) is 4.79 Å². The largest absolute Gasteiger partial charge is 0.444 e. The maximum Gasteiger partial charge on any atom is 0.408 e. The van der Waals surface area contributed by atoms with E-state index < -0.39 is 23.3 Å². The van der Waals surface area contributed by atoms with E-state index in [1.165, 1.54) is 0 Å². The summed E-state index contributed by atoms with van der Waals surface area (Å²) in [5.41, 5.74) is 4.37. The summed E-state index contributed by atoms with van der Waals surface area (Å²) < 4.78 is 5.22. The van der Waals surface area contributed by atoms with E-state index in [4.69, 9.17) is 10.5 Å². The van der Waals surface area contributed by atoms with Gasteiger partial charge in [-0.2, -0.15) is 0 Å². The zero-order valence-corrected chi connectivity index (χ0v) is 11.0. The van der Waals surface area contributed by atoms with Crippen LogP contribution in [0.25, 0.3) is 0 Å². The summed E-state index contributed by atoms with van der Waals surface area (Å²) in [7, 11) is 0. The SMILES string of the molecule is CC(C)(C)OC(=O)NC1(C(O)CN)CCCC1. The number of alkyl carbamates (subject to hydrolysis) is 1. The molecule has 1 saturated carbocycles. The molecule has 0 aromatic carbocycles. The van der Waals surface area contributed by atoms with Crippen LogP contribution in [0.2, 0.25) is 0 Å². The number of nitrogens with two attached hydrogens (primary N) is 1. The highest BCUT2D eigenvalue weighted by Gasteiger charge is 2.42. The maximum absolute atomic E-state index is 11.8. The number of aliphatic hydroxyl groups is 1. The average Bonchev–Trinajstić information content (AvgIpc) is 2.63. The molecule has 0 aliphatic heterocycles. The highest BCUT2D eigenvalue weighted by atomic mass is 16.6. The first-order chi connectivity index (χ1) is 7.79. The van der Waals surface area contributed by atoms with Crippen molar-refractivity contribution in [1.29, 1.82) is 0 Å². The van der Waals surface area contributed by atoms with Crippen molar-refractivity contribution in [3.63, 3.8) is 0 Å². The quantitative estimate of drug-likeness (QED) is 0.695. The Labute approximate surface area is 103 Å². The van der Waals surface area contributed by atoms with Gasteiger partial charge in [-0.25, -0.2) is 4.79 Å². The molecule has 17 heavy (non-hydrogen) atoms. The predicted molar refractivity (Wildman–Crippen MR) is 65.6 cm³/mol. The van der Waals surface area contributed by atoms with E-state index in [0.29, 0.717) is 0 Å². The van der Waals surface area contributed by atoms with Crippen LogP contribution in [0.1, 0.15) is 46.5 Å². The van der Waals surface area contributed by atoms with Gasteiger partial charge in [0, 0.05) is 6.54 Å². The molecule has 0 aromatic rings. The molecule has 4 N–H and O–H groups in total. The third kappa shape index (κ3) is 3.85. The third-order valence-corrected chi connectivity index (χ3v) is 3.11. The van der Waals surface area contributed by atoms with Gasteiger partial charge in [0.25, 0.3) is 0 Å². The summed E-state index contributed by atoms with van der Waals surface area (Å²) in [5, 5.41) is 12.8. The average molecular weight is 244 g/mol. The van der Waals surface area contributed by atoms with Crippen molar-refractivity contribution in [1.82, 2.24) is 5.32 Å². The van der Waals surface area contributed by atoms with Crippen molar-refractivity contribution in [2.24, 2.45) is 5.73 Å². The van der Waals surface area contributed by atoms with Crippen LogP contribution in [0.15, 0.2) is 0 Å². The molecule has 0 spiro atoms. The van der Waals surface area contributed by atoms with Crippen LogP contribution in [0, 0.1) is 0 Å². The first-order valence-corrected chi connectivity index (χ1v) is 6.18. The van der Waals surface area contributed by atoms with Gasteiger partial charge >= 0.3 is 6.09 Å². The summed E-state index contributed by atoms with van der Waals surface area (Å²) >= 11 is 0. The Hall–Kier alpha value is -0.810. The Balaban J connectivity index is 2.65. The molecule has 1 atom stereocenters. The van der Waals surface area contributed by atoms with Gasteiger partial charge in [-0.05, 0) is 33.6 Å². The Bertz CT molecular complexity index is 267. The number of hydrogen-bond donors (Lipinski definition) is 3. The van der Waals surface area contributed by atoms with Gasteiger partial charge in [0.2, 0.25) is 0 Å². The Morgan fingerprint density at radius 2 is 2.00 bits per heavy atom. The molecule has 100 valence electrons. The maximum atomic E-state index is 11.8. The van der Waals surface area contributed by atoms with Crippen molar-refractivity contribution in [2.45, 2.75) is 63.7 Å². The van der Waals surface area contributed by atoms with Crippen molar-refractivity contribution >= 4 is 6.09 Å². The lowest BCUT2D eigenvalue weighted by Gasteiger charge is -2.35. The molecule has 0 heterocycles. The van der Waals surface area contributed by atoms with Crippen LogP contribution in [-0.2, 0) is 4.74 Å². The standard InChI is InChI=1S/C12H24N2O3/c1-11(2,3)17-10(16)14-12(9(15)8-13)6-4-5-7-12/h9,15H,4-8,13H2,1-3H3,(H,14,16). The van der Waals surface area contributed by atoms with Gasteiger partial charge in [-0.1, -0.05) is 12.8 Å². The Morgan fingerprint density at radius 1 is 1.47 bits per heavy atom. The number of hydrogen-bond acceptors (Lipinski definition) is 4. The number of rotatable bonds is 3. The molecule has 1 aliphatic carbocycles. The van der Waals surface area contributed by atoms with Gasteiger partial charge in [-0.3, -0.25) is 0 Å². The van der Waals surface area contributed by atoms with E-state index in [0.717, 1.165) is 25.7 Å². The highest BCUT2D eigenvalue weighted by molar-refractivity contribution is 5.69. The molecule has 1 aliphatic rings. The molecule has 1 rings (SSSR count). The van der Waals surface area contributed by atoms with E-state index in [1.54, 1.807) is 0 Å². The molecule has 1 amide bonds. The van der Waals surface area contributed by atoms with Gasteiger partial charge < -0.3 is 20.9 Å². The van der Waals surface area contributed by atoms with E-state index in [9.17, 15) is 9.90 Å². The van der Waals surface area contributed by atoms with Crippen LogP contribution in [0.5, 0.6) is 0 Å². The lowest BCUT2D eigenvalue weighted by molar-refractivity contribution is 0.0245. The third-order valence-electron chi connectivity index (χ3n) is 3.11. The van der Waals surface area contributed by atoms with Crippen LogP contribution >= 0.6 is 0 Å². The van der Waals surface area contributed by atoms with Gasteiger partial charge in [0.15, 0.2) is 0 Å². The molecular weight excluding hydrogens is 220 g/mol. The van der Waals surface area contributed by atoms with Gasteiger partial charge in [0.1, 0.15) is 5.60 Å². The lowest BCUT2D eigenvalue weighted by Crippen LogP contribution is -2.57. The minimum Gasteiger partial charge on any atom is -0.444 e. The fourth-order valence-electron chi connectivity index (χ4n) is 2.28. The number of nitrogens with one attached hydrogen (secondary N) is 1. The molecular formula is C12H24N2O3. The number of carbonyl (C=O) groups is 1. The number of amides is 1. The first kappa shape index (κ1) is 14.3. The Morgan fingerprint density at radius 3 is 2.41 bits per heavy atom. The predicted octanol–water partition coefficient (Wildman–Crippen LogP) is 1.14. The summed E-state index contributed by atoms with van der Waals surface area (Å²) in [6.45, 7) is 5.59. The van der Waals surface area contributed by atoms with Crippen molar-refractivity contribution in [3.05, 3.63) is 0 Å². The van der Waals surface area contributed by atoms with E-state index in [2.05, 4.69) is 5.32 Å². The minimum atomic E-state index is -0.711. The topological polar surface area (TPSA) is 84.6 Å². The van der Waals surface area contributed by atoms with Gasteiger partial charge in [-0.15, -0.1) is 0 Å². The van der Waals surface area contributed by atoms with Crippen LogP contribution in [0.3, 0.4) is 0 Å². The van der Waals surface area contributed by atoms with Gasteiger partial charge in [0.05, 0.1) is 11.6 Å². The summed E-state index contributed by atoms with van der Waals surface area (Å²) in [6, 6.07) is 0. The van der Waals surface area contributed by atoms with E-state index in [1.807, 2.05) is 20.8 Å². The number of carbonyl (C=O) groups excluding carboxylic acids is 1. The van der Waals surface area contributed by atoms with Crippen molar-refractivity contribution in [3.8, 4) is 0 Å². The lowest BCUT2D eigenvalue weighted by atomic mass is 9.90. The number of aliphatic hydroxyl groups excluding tert-OH is 1. The van der Waals surface area contributed by atoms with E-state index >= 15 is 0 Å². The molecule has 5 heteroatoms. The molecule has 0 radical (unpaired) electrons. The second kappa shape index (κ2) is 5.23. The summed E-state index contributed by atoms with van der Waals surface area (Å²) in [6.07, 6.45) is 2.30. The van der Waals surface area contributed by atoms with E-state index in [-0.39, 0.29) is 6.54 Å².